The molecule has 0 aromatic rings. The molecule has 0 bridgehead atoms. The van der Waals surface area contributed by atoms with Crippen LogP contribution in [0.3, 0.4) is 0 Å². The first-order valence-electron chi connectivity index (χ1n) is 5.28. The third kappa shape index (κ3) is 4.49. The number of guanidine groups is 2. The van der Waals surface area contributed by atoms with Crippen LogP contribution in [0.2, 0.25) is 0 Å². The van der Waals surface area contributed by atoms with E-state index in [2.05, 4.69) is 9.98 Å². The van der Waals surface area contributed by atoms with E-state index >= 15 is 0 Å². The van der Waals surface area contributed by atoms with Crippen LogP contribution < -0.4 is 17.2 Å². The van der Waals surface area contributed by atoms with E-state index < -0.39 is 18.1 Å². The van der Waals surface area contributed by atoms with Gasteiger partial charge in [0, 0.05) is 0 Å². The second kappa shape index (κ2) is 5.24. The zero-order valence-corrected chi connectivity index (χ0v) is 9.24. The summed E-state index contributed by atoms with van der Waals surface area (Å²) in [6.07, 6.45) is -3.01. The van der Waals surface area contributed by atoms with Crippen molar-refractivity contribution in [3.05, 3.63) is 0 Å². The van der Waals surface area contributed by atoms with Crippen LogP contribution >= 0.6 is 0 Å². The highest BCUT2D eigenvalue weighted by Gasteiger charge is 2.42. The summed E-state index contributed by atoms with van der Waals surface area (Å²) in [5, 5.41) is 0. The second-order valence-electron chi connectivity index (χ2n) is 4.08. The number of rotatable bonds is 1. The molecule has 0 saturated heterocycles. The molecular formula is C9H16F3N5. The maximum absolute atomic E-state index is 12.5. The minimum absolute atomic E-state index is 0.0514. The molecule has 8 heteroatoms. The quantitative estimate of drug-likeness (QED) is 0.472. The van der Waals surface area contributed by atoms with Gasteiger partial charge in [-0.3, -0.25) is 0 Å². The van der Waals surface area contributed by atoms with Crippen molar-refractivity contribution >= 4 is 11.9 Å². The van der Waals surface area contributed by atoms with Crippen LogP contribution in [-0.2, 0) is 0 Å². The van der Waals surface area contributed by atoms with Crippen LogP contribution in [0.4, 0.5) is 13.2 Å². The zero-order valence-electron chi connectivity index (χ0n) is 9.24. The Kier molecular flexibility index (Phi) is 4.19. The molecule has 6 N–H and O–H groups in total. The molecule has 0 aromatic heterocycles. The predicted molar refractivity (Wildman–Crippen MR) is 59.2 cm³/mol. The number of nitrogens with zero attached hydrogens (tertiary/aromatic N) is 2. The average molecular weight is 251 g/mol. The Hall–Kier alpha value is -1.47. The molecule has 0 aliphatic heterocycles. The Bertz CT molecular complexity index is 319. The molecule has 2 atom stereocenters. The van der Waals surface area contributed by atoms with E-state index in [4.69, 9.17) is 17.2 Å². The van der Waals surface area contributed by atoms with Gasteiger partial charge in [0.05, 0.1) is 12.0 Å². The maximum Gasteiger partial charge on any atom is 0.391 e. The van der Waals surface area contributed by atoms with Crippen LogP contribution in [0.5, 0.6) is 0 Å². The van der Waals surface area contributed by atoms with E-state index in [9.17, 15) is 13.2 Å². The summed E-state index contributed by atoms with van der Waals surface area (Å²) >= 11 is 0. The summed E-state index contributed by atoms with van der Waals surface area (Å²) in [6.45, 7) is 0. The van der Waals surface area contributed by atoms with E-state index in [0.717, 1.165) is 0 Å². The first-order valence-corrected chi connectivity index (χ1v) is 5.28. The molecule has 17 heavy (non-hydrogen) atoms. The molecule has 1 aliphatic carbocycles. The Morgan fingerprint density at radius 2 is 1.76 bits per heavy atom. The summed E-state index contributed by atoms with van der Waals surface area (Å²) in [5.74, 6) is -1.73. The van der Waals surface area contributed by atoms with Crippen molar-refractivity contribution in [1.29, 1.82) is 0 Å². The minimum Gasteiger partial charge on any atom is -0.370 e. The summed E-state index contributed by atoms with van der Waals surface area (Å²) < 4.78 is 37.5. The van der Waals surface area contributed by atoms with Gasteiger partial charge in [-0.25, -0.2) is 4.99 Å². The van der Waals surface area contributed by atoms with Crippen LogP contribution in [0.1, 0.15) is 25.7 Å². The standard InChI is InChI=1S/C9H16F3N5/c10-9(11,12)5-2-1-3-6(4-5)16-8(15)17-7(13)14/h5-6H,1-4H2,(H6,13,14,15,16,17). The fourth-order valence-corrected chi connectivity index (χ4v) is 1.93. The molecule has 1 aliphatic rings. The first-order chi connectivity index (χ1) is 7.79. The van der Waals surface area contributed by atoms with Gasteiger partial charge in [-0.15, -0.1) is 0 Å². The smallest absolute Gasteiger partial charge is 0.370 e. The third-order valence-electron chi connectivity index (χ3n) is 2.67. The number of halogens is 3. The lowest BCUT2D eigenvalue weighted by molar-refractivity contribution is -0.182. The van der Waals surface area contributed by atoms with Gasteiger partial charge < -0.3 is 17.2 Å². The highest BCUT2D eigenvalue weighted by atomic mass is 19.4. The largest absolute Gasteiger partial charge is 0.391 e. The summed E-state index contributed by atoms with van der Waals surface area (Å²) in [4.78, 5) is 7.36. The van der Waals surface area contributed by atoms with Gasteiger partial charge in [0.25, 0.3) is 0 Å². The molecule has 2 unspecified atom stereocenters. The molecule has 0 spiro atoms. The SMILES string of the molecule is NC(N)=NC(N)=NC1CCCC(C(F)(F)F)C1. The van der Waals surface area contributed by atoms with Gasteiger partial charge in [-0.2, -0.15) is 18.2 Å². The second-order valence-corrected chi connectivity index (χ2v) is 4.08. The fraction of sp³-hybridized carbons (Fsp3) is 0.778. The molecule has 1 saturated carbocycles. The number of hydrogen-bond acceptors (Lipinski definition) is 1. The van der Waals surface area contributed by atoms with Crippen LogP contribution in [0.15, 0.2) is 9.98 Å². The van der Waals surface area contributed by atoms with E-state index in [1.807, 2.05) is 0 Å². The van der Waals surface area contributed by atoms with Crippen molar-refractivity contribution in [2.45, 2.75) is 37.9 Å². The summed E-state index contributed by atoms with van der Waals surface area (Å²) in [7, 11) is 0. The van der Waals surface area contributed by atoms with Crippen molar-refractivity contribution in [3.63, 3.8) is 0 Å². The van der Waals surface area contributed by atoms with Gasteiger partial charge in [-0.1, -0.05) is 6.42 Å². The average Bonchev–Trinajstić information content (AvgIpc) is 2.15. The van der Waals surface area contributed by atoms with Crippen molar-refractivity contribution < 1.29 is 13.2 Å². The van der Waals surface area contributed by atoms with Crippen LogP contribution in [0.25, 0.3) is 0 Å². The highest BCUT2D eigenvalue weighted by Crippen LogP contribution is 2.38. The molecule has 0 radical (unpaired) electrons. The van der Waals surface area contributed by atoms with Gasteiger partial charge in [0.15, 0.2) is 5.96 Å². The maximum atomic E-state index is 12.5. The summed E-state index contributed by atoms with van der Waals surface area (Å²) in [5.41, 5.74) is 15.5. The molecule has 5 nitrogen and oxygen atoms in total. The predicted octanol–water partition coefficient (Wildman–Crippen LogP) is 0.696. The van der Waals surface area contributed by atoms with Gasteiger partial charge in [0.2, 0.25) is 5.96 Å². The minimum atomic E-state index is -4.17. The fourth-order valence-electron chi connectivity index (χ4n) is 1.93. The highest BCUT2D eigenvalue weighted by molar-refractivity contribution is 5.92. The van der Waals surface area contributed by atoms with Crippen molar-refractivity contribution in [2.24, 2.45) is 33.1 Å². The lowest BCUT2D eigenvalue weighted by Crippen LogP contribution is -2.32. The number of alkyl halides is 3. The van der Waals surface area contributed by atoms with Gasteiger partial charge >= 0.3 is 6.18 Å². The van der Waals surface area contributed by atoms with E-state index in [-0.39, 0.29) is 24.8 Å². The first kappa shape index (κ1) is 13.6. The molecule has 1 fully saturated rings. The monoisotopic (exact) mass is 251 g/mol. The zero-order chi connectivity index (χ0) is 13.1. The van der Waals surface area contributed by atoms with Crippen LogP contribution in [0, 0.1) is 5.92 Å². The molecule has 0 heterocycles. The Labute approximate surface area is 97.0 Å². The number of aliphatic imine (C=N–C) groups is 2. The van der Waals surface area contributed by atoms with Crippen molar-refractivity contribution in [1.82, 2.24) is 0 Å². The molecule has 0 amide bonds. The van der Waals surface area contributed by atoms with E-state index in [1.54, 1.807) is 0 Å². The molecule has 98 valence electrons. The topological polar surface area (TPSA) is 103 Å². The molecular weight excluding hydrogens is 235 g/mol. The number of hydrogen-bond donors (Lipinski definition) is 3. The summed E-state index contributed by atoms with van der Waals surface area (Å²) in [6, 6.07) is -0.460. The lowest BCUT2D eigenvalue weighted by Gasteiger charge is -2.28. The lowest BCUT2D eigenvalue weighted by atomic mass is 9.85. The third-order valence-corrected chi connectivity index (χ3v) is 2.67. The molecule has 1 rings (SSSR count). The van der Waals surface area contributed by atoms with Crippen molar-refractivity contribution in [3.8, 4) is 0 Å². The Morgan fingerprint density at radius 3 is 2.29 bits per heavy atom. The normalized spacial score (nSPS) is 26.6. The Morgan fingerprint density at radius 1 is 1.12 bits per heavy atom. The van der Waals surface area contributed by atoms with Gasteiger partial charge in [0.1, 0.15) is 0 Å². The molecule has 0 aromatic carbocycles. The van der Waals surface area contributed by atoms with E-state index in [0.29, 0.717) is 12.8 Å². The van der Waals surface area contributed by atoms with Crippen LogP contribution in [-0.4, -0.2) is 24.1 Å². The van der Waals surface area contributed by atoms with E-state index in [1.165, 1.54) is 0 Å². The van der Waals surface area contributed by atoms with Crippen molar-refractivity contribution in [2.75, 3.05) is 0 Å². The van der Waals surface area contributed by atoms with Gasteiger partial charge in [-0.05, 0) is 19.3 Å². The number of nitrogens with two attached hydrogens (primary N) is 3. The Balaban J connectivity index is 2.65.